The largest absolute Gasteiger partial charge is 0.491 e. The standard InChI is InChI=1S/C21H28N2O2/c1-24-10-11-25-20-9-5-6-17(12-20)14-23-15-19(13-22)21(16-23)18-7-3-2-4-8-18/h2-9,12,19,21H,10-11,13-16,22H2,1H3/t19-,21+/m1/s1. The van der Waals surface area contributed by atoms with E-state index in [0.717, 1.165) is 31.9 Å². The summed E-state index contributed by atoms with van der Waals surface area (Å²) in [6.45, 7) is 4.95. The Morgan fingerprint density at radius 2 is 1.88 bits per heavy atom. The molecule has 0 spiro atoms. The van der Waals surface area contributed by atoms with E-state index in [9.17, 15) is 0 Å². The average Bonchev–Trinajstić information content (AvgIpc) is 3.06. The van der Waals surface area contributed by atoms with E-state index >= 15 is 0 Å². The second-order valence-electron chi connectivity index (χ2n) is 6.70. The summed E-state index contributed by atoms with van der Waals surface area (Å²) in [5.41, 5.74) is 8.73. The Morgan fingerprint density at radius 3 is 2.64 bits per heavy atom. The molecule has 0 aromatic heterocycles. The lowest BCUT2D eigenvalue weighted by Crippen LogP contribution is -2.23. The molecule has 4 heteroatoms. The highest BCUT2D eigenvalue weighted by Crippen LogP contribution is 2.33. The van der Waals surface area contributed by atoms with Crippen molar-refractivity contribution in [3.8, 4) is 5.75 Å². The Kier molecular flexibility index (Phi) is 6.45. The summed E-state index contributed by atoms with van der Waals surface area (Å²) in [6, 6.07) is 19.1. The molecule has 134 valence electrons. The normalized spacial score (nSPS) is 20.7. The molecule has 0 unspecified atom stereocenters. The van der Waals surface area contributed by atoms with Gasteiger partial charge in [0.2, 0.25) is 0 Å². The first-order valence-corrected chi connectivity index (χ1v) is 8.98. The number of rotatable bonds is 8. The van der Waals surface area contributed by atoms with E-state index in [1.165, 1.54) is 11.1 Å². The van der Waals surface area contributed by atoms with Crippen molar-refractivity contribution in [3.05, 3.63) is 65.7 Å². The first kappa shape index (κ1) is 17.9. The van der Waals surface area contributed by atoms with Crippen molar-refractivity contribution < 1.29 is 9.47 Å². The van der Waals surface area contributed by atoms with Crippen molar-refractivity contribution in [2.24, 2.45) is 11.7 Å². The molecule has 0 saturated carbocycles. The van der Waals surface area contributed by atoms with Gasteiger partial charge in [0.05, 0.1) is 6.61 Å². The second kappa shape index (κ2) is 8.99. The monoisotopic (exact) mass is 340 g/mol. The maximum absolute atomic E-state index is 6.05. The Bertz CT molecular complexity index is 647. The predicted octanol–water partition coefficient (Wildman–Crippen LogP) is 2.89. The number of hydrogen-bond acceptors (Lipinski definition) is 4. The number of nitrogens with zero attached hydrogens (tertiary/aromatic N) is 1. The minimum Gasteiger partial charge on any atom is -0.491 e. The summed E-state index contributed by atoms with van der Waals surface area (Å²) in [5.74, 6) is 1.94. The van der Waals surface area contributed by atoms with Crippen molar-refractivity contribution >= 4 is 0 Å². The van der Waals surface area contributed by atoms with Crippen LogP contribution in [0.5, 0.6) is 5.75 Å². The summed E-state index contributed by atoms with van der Waals surface area (Å²) in [6.07, 6.45) is 0. The summed E-state index contributed by atoms with van der Waals surface area (Å²) in [7, 11) is 1.68. The average molecular weight is 340 g/mol. The first-order chi connectivity index (χ1) is 12.3. The molecule has 1 aliphatic rings. The van der Waals surface area contributed by atoms with Gasteiger partial charge in [-0.15, -0.1) is 0 Å². The molecule has 1 saturated heterocycles. The Labute approximate surface area is 150 Å². The van der Waals surface area contributed by atoms with Crippen molar-refractivity contribution in [2.75, 3.05) is 40.0 Å². The zero-order valence-corrected chi connectivity index (χ0v) is 14.9. The van der Waals surface area contributed by atoms with E-state index in [0.29, 0.717) is 25.0 Å². The lowest BCUT2D eigenvalue weighted by Gasteiger charge is -2.17. The molecule has 2 N–H and O–H groups in total. The molecule has 1 fully saturated rings. The molecule has 1 heterocycles. The smallest absolute Gasteiger partial charge is 0.119 e. The van der Waals surface area contributed by atoms with E-state index in [4.69, 9.17) is 15.2 Å². The van der Waals surface area contributed by atoms with Gasteiger partial charge in [-0.05, 0) is 35.7 Å². The molecule has 2 atom stereocenters. The van der Waals surface area contributed by atoms with Crippen molar-refractivity contribution in [3.63, 3.8) is 0 Å². The fourth-order valence-electron chi connectivity index (χ4n) is 3.64. The van der Waals surface area contributed by atoms with Gasteiger partial charge in [0.25, 0.3) is 0 Å². The van der Waals surface area contributed by atoms with E-state index < -0.39 is 0 Å². The quantitative estimate of drug-likeness (QED) is 0.751. The number of methoxy groups -OCH3 is 1. The van der Waals surface area contributed by atoms with Crippen LogP contribution in [-0.4, -0.2) is 44.9 Å². The van der Waals surface area contributed by atoms with Crippen LogP contribution < -0.4 is 10.5 Å². The van der Waals surface area contributed by atoms with E-state index in [-0.39, 0.29) is 0 Å². The molecule has 0 aliphatic carbocycles. The maximum atomic E-state index is 6.05. The summed E-state index contributed by atoms with van der Waals surface area (Å²) >= 11 is 0. The SMILES string of the molecule is COCCOc1cccc(CN2C[C@@H](CN)[C@H](c3ccccc3)C2)c1. The van der Waals surface area contributed by atoms with Gasteiger partial charge in [-0.2, -0.15) is 0 Å². The number of nitrogens with two attached hydrogens (primary N) is 1. The fourth-order valence-corrected chi connectivity index (χ4v) is 3.64. The highest BCUT2D eigenvalue weighted by Gasteiger charge is 2.32. The van der Waals surface area contributed by atoms with Crippen LogP contribution in [0, 0.1) is 5.92 Å². The Morgan fingerprint density at radius 1 is 1.04 bits per heavy atom. The third kappa shape index (κ3) is 4.82. The maximum Gasteiger partial charge on any atom is 0.119 e. The van der Waals surface area contributed by atoms with Crippen LogP contribution in [0.2, 0.25) is 0 Å². The number of hydrogen-bond donors (Lipinski definition) is 1. The number of likely N-dealkylation sites (tertiary alicyclic amines) is 1. The molecule has 0 radical (unpaired) electrons. The predicted molar refractivity (Wildman–Crippen MR) is 101 cm³/mol. The molecule has 25 heavy (non-hydrogen) atoms. The Balaban J connectivity index is 1.62. The van der Waals surface area contributed by atoms with Crippen molar-refractivity contribution in [2.45, 2.75) is 12.5 Å². The topological polar surface area (TPSA) is 47.7 Å². The van der Waals surface area contributed by atoms with E-state index in [1.54, 1.807) is 7.11 Å². The molecule has 0 bridgehead atoms. The molecular formula is C21H28N2O2. The highest BCUT2D eigenvalue weighted by atomic mass is 16.5. The Hall–Kier alpha value is -1.88. The van der Waals surface area contributed by atoms with Crippen LogP contribution in [0.25, 0.3) is 0 Å². The first-order valence-electron chi connectivity index (χ1n) is 8.98. The van der Waals surface area contributed by atoms with Crippen LogP contribution in [-0.2, 0) is 11.3 Å². The summed E-state index contributed by atoms with van der Waals surface area (Å²) in [5, 5.41) is 0. The van der Waals surface area contributed by atoms with E-state index in [1.807, 2.05) is 6.07 Å². The molecule has 0 amide bonds. The van der Waals surface area contributed by atoms with Crippen LogP contribution in [0.1, 0.15) is 17.0 Å². The lowest BCUT2D eigenvalue weighted by atomic mass is 9.89. The van der Waals surface area contributed by atoms with Crippen molar-refractivity contribution in [1.82, 2.24) is 4.90 Å². The number of ether oxygens (including phenoxy) is 2. The fraction of sp³-hybridized carbons (Fsp3) is 0.429. The van der Waals surface area contributed by atoms with Crippen LogP contribution in [0.4, 0.5) is 0 Å². The summed E-state index contributed by atoms with van der Waals surface area (Å²) < 4.78 is 10.8. The van der Waals surface area contributed by atoms with Gasteiger partial charge < -0.3 is 15.2 Å². The molecule has 2 aromatic rings. The zero-order chi connectivity index (χ0) is 17.5. The van der Waals surface area contributed by atoms with Gasteiger partial charge >= 0.3 is 0 Å². The third-order valence-electron chi connectivity index (χ3n) is 4.91. The van der Waals surface area contributed by atoms with Crippen LogP contribution >= 0.6 is 0 Å². The van der Waals surface area contributed by atoms with Gasteiger partial charge in [0.1, 0.15) is 12.4 Å². The molecular weight excluding hydrogens is 312 g/mol. The summed E-state index contributed by atoms with van der Waals surface area (Å²) in [4.78, 5) is 2.50. The number of benzene rings is 2. The lowest BCUT2D eigenvalue weighted by molar-refractivity contribution is 0.146. The minimum atomic E-state index is 0.517. The van der Waals surface area contributed by atoms with Gasteiger partial charge in [-0.25, -0.2) is 0 Å². The van der Waals surface area contributed by atoms with Crippen LogP contribution in [0.15, 0.2) is 54.6 Å². The van der Waals surface area contributed by atoms with Crippen LogP contribution in [0.3, 0.4) is 0 Å². The van der Waals surface area contributed by atoms with Gasteiger partial charge in [-0.3, -0.25) is 4.90 Å². The molecule has 4 nitrogen and oxygen atoms in total. The third-order valence-corrected chi connectivity index (χ3v) is 4.91. The van der Waals surface area contributed by atoms with Gasteiger partial charge in [-0.1, -0.05) is 42.5 Å². The highest BCUT2D eigenvalue weighted by molar-refractivity contribution is 5.29. The van der Waals surface area contributed by atoms with Gasteiger partial charge in [0, 0.05) is 32.7 Å². The molecule has 3 rings (SSSR count). The van der Waals surface area contributed by atoms with Gasteiger partial charge in [0.15, 0.2) is 0 Å². The molecule has 2 aromatic carbocycles. The van der Waals surface area contributed by atoms with Crippen molar-refractivity contribution in [1.29, 1.82) is 0 Å². The van der Waals surface area contributed by atoms with E-state index in [2.05, 4.69) is 53.4 Å². The molecule has 1 aliphatic heterocycles. The minimum absolute atomic E-state index is 0.517. The second-order valence-corrected chi connectivity index (χ2v) is 6.70. The zero-order valence-electron chi connectivity index (χ0n) is 14.9.